The van der Waals surface area contributed by atoms with E-state index in [2.05, 4.69) is 27.5 Å². The van der Waals surface area contributed by atoms with E-state index in [0.29, 0.717) is 5.82 Å². The van der Waals surface area contributed by atoms with Gasteiger partial charge in [-0.2, -0.15) is 0 Å². The lowest BCUT2D eigenvalue weighted by atomic mass is 10.0. The van der Waals surface area contributed by atoms with Gasteiger partial charge in [-0.15, -0.1) is 0 Å². The summed E-state index contributed by atoms with van der Waals surface area (Å²) < 4.78 is 0. The predicted molar refractivity (Wildman–Crippen MR) is 76.4 cm³/mol. The van der Waals surface area contributed by atoms with Crippen molar-refractivity contribution in [3.8, 4) is 0 Å². The Balaban J connectivity index is 3.00. The molecule has 0 aliphatic heterocycles. The molecule has 0 atom stereocenters. The third-order valence-corrected chi connectivity index (χ3v) is 2.96. The van der Waals surface area contributed by atoms with Crippen LogP contribution in [-0.4, -0.2) is 45.5 Å². The van der Waals surface area contributed by atoms with Crippen molar-refractivity contribution in [1.29, 1.82) is 0 Å². The minimum absolute atomic E-state index is 0.172. The molecule has 0 aromatic carbocycles. The quantitative estimate of drug-likeness (QED) is 0.563. The summed E-state index contributed by atoms with van der Waals surface area (Å²) in [5.41, 5.74) is 0.171. The van der Waals surface area contributed by atoms with Crippen molar-refractivity contribution in [3.05, 3.63) is 11.9 Å². The Morgan fingerprint density at radius 2 is 1.79 bits per heavy atom. The summed E-state index contributed by atoms with van der Waals surface area (Å²) in [5.74, 6) is 1.46. The summed E-state index contributed by atoms with van der Waals surface area (Å²) in [5, 5.41) is 25.0. The molecule has 0 aliphatic carbocycles. The molecule has 1 aromatic heterocycles. The first-order valence-corrected chi connectivity index (χ1v) is 6.67. The Bertz CT molecular complexity index is 394. The number of nitrogens with zero attached hydrogens (tertiary/aromatic N) is 2. The van der Waals surface area contributed by atoms with Crippen LogP contribution in [0, 0.1) is 0 Å². The van der Waals surface area contributed by atoms with Crippen LogP contribution in [0.2, 0.25) is 0 Å². The molecule has 0 saturated heterocycles. The highest BCUT2D eigenvalue weighted by atomic mass is 16.3. The summed E-state index contributed by atoms with van der Waals surface area (Å²) in [7, 11) is 0. The molecule has 0 bridgehead atoms. The van der Waals surface area contributed by atoms with Crippen molar-refractivity contribution in [2.45, 2.75) is 39.2 Å². The van der Waals surface area contributed by atoms with Crippen LogP contribution in [0.1, 0.15) is 32.8 Å². The number of rotatable bonds is 8. The highest BCUT2D eigenvalue weighted by molar-refractivity contribution is 5.58. The van der Waals surface area contributed by atoms with Gasteiger partial charge >= 0.3 is 0 Å². The maximum atomic E-state index is 9.34. The molecular weight excluding hydrogens is 244 g/mol. The van der Waals surface area contributed by atoms with Crippen LogP contribution in [0.4, 0.5) is 11.6 Å². The van der Waals surface area contributed by atoms with Crippen LogP contribution in [0.15, 0.2) is 6.33 Å². The SMILES string of the molecule is CCCNc1ncnc(NC(C)(CO)CO)c1CC. The van der Waals surface area contributed by atoms with E-state index in [1.807, 2.05) is 6.92 Å². The first-order valence-electron chi connectivity index (χ1n) is 6.67. The van der Waals surface area contributed by atoms with E-state index in [1.54, 1.807) is 6.92 Å². The molecule has 108 valence electrons. The molecule has 19 heavy (non-hydrogen) atoms. The second-order valence-corrected chi connectivity index (χ2v) is 4.83. The molecular formula is C13H24N4O2. The Hall–Kier alpha value is -1.40. The zero-order valence-corrected chi connectivity index (χ0v) is 11.9. The lowest BCUT2D eigenvalue weighted by Gasteiger charge is -2.28. The fourth-order valence-corrected chi connectivity index (χ4v) is 1.67. The molecule has 1 heterocycles. The summed E-state index contributed by atoms with van der Waals surface area (Å²) >= 11 is 0. The Morgan fingerprint density at radius 1 is 1.16 bits per heavy atom. The first-order chi connectivity index (χ1) is 9.10. The number of aliphatic hydroxyl groups excluding tert-OH is 2. The minimum atomic E-state index is -0.791. The zero-order chi connectivity index (χ0) is 14.3. The van der Waals surface area contributed by atoms with E-state index in [-0.39, 0.29) is 13.2 Å². The van der Waals surface area contributed by atoms with Crippen LogP contribution in [-0.2, 0) is 6.42 Å². The van der Waals surface area contributed by atoms with Crippen molar-refractivity contribution < 1.29 is 10.2 Å². The molecule has 0 saturated carbocycles. The van der Waals surface area contributed by atoms with Gasteiger partial charge in [-0.1, -0.05) is 13.8 Å². The maximum absolute atomic E-state index is 9.34. The molecule has 0 radical (unpaired) electrons. The lowest BCUT2D eigenvalue weighted by molar-refractivity contribution is 0.147. The van der Waals surface area contributed by atoms with Gasteiger partial charge in [-0.25, -0.2) is 9.97 Å². The molecule has 1 rings (SSSR count). The normalized spacial score (nSPS) is 11.4. The topological polar surface area (TPSA) is 90.3 Å². The average molecular weight is 268 g/mol. The van der Waals surface area contributed by atoms with E-state index < -0.39 is 5.54 Å². The summed E-state index contributed by atoms with van der Waals surface area (Å²) in [6.07, 6.45) is 3.26. The highest BCUT2D eigenvalue weighted by Gasteiger charge is 2.24. The van der Waals surface area contributed by atoms with Gasteiger partial charge in [0.1, 0.15) is 18.0 Å². The number of aromatic nitrogens is 2. The van der Waals surface area contributed by atoms with Crippen LogP contribution in [0.5, 0.6) is 0 Å². The molecule has 0 unspecified atom stereocenters. The average Bonchev–Trinajstić information content (AvgIpc) is 2.45. The highest BCUT2D eigenvalue weighted by Crippen LogP contribution is 2.23. The standard InChI is InChI=1S/C13H24N4O2/c1-4-6-14-11-10(5-2)12(16-9-15-11)17-13(3,7-18)8-19/h9,18-19H,4-8H2,1-3H3,(H2,14,15,16,17). The van der Waals surface area contributed by atoms with Crippen molar-refractivity contribution in [2.75, 3.05) is 30.4 Å². The van der Waals surface area contributed by atoms with E-state index >= 15 is 0 Å². The zero-order valence-electron chi connectivity index (χ0n) is 11.9. The monoisotopic (exact) mass is 268 g/mol. The predicted octanol–water partition coefficient (Wildman–Crippen LogP) is 1.02. The molecule has 0 spiro atoms. The third kappa shape index (κ3) is 4.04. The smallest absolute Gasteiger partial charge is 0.135 e. The molecule has 0 aliphatic rings. The fourth-order valence-electron chi connectivity index (χ4n) is 1.67. The molecule has 0 amide bonds. The van der Waals surface area contributed by atoms with Crippen LogP contribution >= 0.6 is 0 Å². The van der Waals surface area contributed by atoms with Gasteiger partial charge in [0.25, 0.3) is 0 Å². The number of aliphatic hydroxyl groups is 2. The third-order valence-electron chi connectivity index (χ3n) is 2.96. The van der Waals surface area contributed by atoms with E-state index in [9.17, 15) is 10.2 Å². The van der Waals surface area contributed by atoms with Gasteiger partial charge in [0.05, 0.1) is 18.8 Å². The Morgan fingerprint density at radius 3 is 2.32 bits per heavy atom. The van der Waals surface area contributed by atoms with Crippen LogP contribution in [0.25, 0.3) is 0 Å². The number of anilines is 2. The second kappa shape index (κ2) is 7.25. The fraction of sp³-hybridized carbons (Fsp3) is 0.692. The van der Waals surface area contributed by atoms with Gasteiger partial charge in [0.2, 0.25) is 0 Å². The second-order valence-electron chi connectivity index (χ2n) is 4.83. The van der Waals surface area contributed by atoms with E-state index in [1.165, 1.54) is 6.33 Å². The van der Waals surface area contributed by atoms with Crippen molar-refractivity contribution >= 4 is 11.6 Å². The maximum Gasteiger partial charge on any atom is 0.135 e. The summed E-state index contributed by atoms with van der Waals surface area (Å²) in [4.78, 5) is 8.46. The van der Waals surface area contributed by atoms with Crippen LogP contribution in [0.3, 0.4) is 0 Å². The Labute approximate surface area is 114 Å². The van der Waals surface area contributed by atoms with Crippen molar-refractivity contribution in [2.24, 2.45) is 0 Å². The summed E-state index contributed by atoms with van der Waals surface area (Å²) in [6, 6.07) is 0. The van der Waals surface area contributed by atoms with Crippen molar-refractivity contribution in [1.82, 2.24) is 9.97 Å². The van der Waals surface area contributed by atoms with Crippen molar-refractivity contribution in [3.63, 3.8) is 0 Å². The lowest BCUT2D eigenvalue weighted by Crippen LogP contribution is -2.43. The molecule has 0 fully saturated rings. The minimum Gasteiger partial charge on any atom is -0.394 e. The number of hydrogen-bond acceptors (Lipinski definition) is 6. The van der Waals surface area contributed by atoms with E-state index in [4.69, 9.17) is 0 Å². The molecule has 6 heteroatoms. The van der Waals surface area contributed by atoms with Gasteiger partial charge in [-0.3, -0.25) is 0 Å². The number of nitrogens with one attached hydrogen (secondary N) is 2. The number of hydrogen-bond donors (Lipinski definition) is 4. The van der Waals surface area contributed by atoms with Gasteiger partial charge in [0, 0.05) is 12.1 Å². The summed E-state index contributed by atoms with van der Waals surface area (Å²) in [6.45, 7) is 6.36. The molecule has 1 aromatic rings. The van der Waals surface area contributed by atoms with Gasteiger partial charge < -0.3 is 20.8 Å². The molecule has 6 nitrogen and oxygen atoms in total. The van der Waals surface area contributed by atoms with Gasteiger partial charge in [-0.05, 0) is 19.8 Å². The largest absolute Gasteiger partial charge is 0.394 e. The van der Waals surface area contributed by atoms with Crippen LogP contribution < -0.4 is 10.6 Å². The first kappa shape index (κ1) is 15.7. The van der Waals surface area contributed by atoms with Gasteiger partial charge in [0.15, 0.2) is 0 Å². The molecule has 4 N–H and O–H groups in total. The van der Waals surface area contributed by atoms with E-state index in [0.717, 1.165) is 30.8 Å². The Kier molecular flexibility index (Phi) is 5.98.